The molecule has 3 amide bonds. The molecule has 0 bridgehead atoms. The van der Waals surface area contributed by atoms with E-state index in [0.717, 1.165) is 16.7 Å². The number of hydrogen-bond donors (Lipinski definition) is 5. The first-order valence-electron chi connectivity index (χ1n) is 15.3. The van der Waals surface area contributed by atoms with E-state index >= 15 is 0 Å². The van der Waals surface area contributed by atoms with Crippen molar-refractivity contribution in [3.8, 4) is 6.01 Å². The Morgan fingerprint density at radius 2 is 1.40 bits per heavy atom. The van der Waals surface area contributed by atoms with E-state index in [-0.39, 0.29) is 42.7 Å². The number of aromatic nitrogens is 3. The van der Waals surface area contributed by atoms with Crippen molar-refractivity contribution in [1.29, 1.82) is 0 Å². The normalized spacial score (nSPS) is 11.3. The van der Waals surface area contributed by atoms with E-state index in [9.17, 15) is 27.6 Å². The van der Waals surface area contributed by atoms with Gasteiger partial charge in [-0.2, -0.15) is 23.1 Å². The third kappa shape index (κ3) is 12.5. The summed E-state index contributed by atoms with van der Waals surface area (Å²) in [5, 5.41) is 14.4. The zero-order chi connectivity index (χ0) is 36.3. The van der Waals surface area contributed by atoms with Crippen LogP contribution in [0, 0.1) is 12.3 Å². The average Bonchev–Trinajstić information content (AvgIpc) is 3.08. The molecule has 5 N–H and O–H groups in total. The second-order valence-electron chi connectivity index (χ2n) is 12.1. The summed E-state index contributed by atoms with van der Waals surface area (Å²) in [5.74, 6) is -1.45. The highest BCUT2D eigenvalue weighted by atomic mass is 35.5. The Morgan fingerprint density at radius 3 is 2.06 bits per heavy atom. The number of pyridine rings is 1. The van der Waals surface area contributed by atoms with E-state index in [2.05, 4.69) is 41.5 Å². The summed E-state index contributed by atoms with van der Waals surface area (Å²) in [6.07, 6.45) is -3.28. The predicted octanol–water partition coefficient (Wildman–Crippen LogP) is 5.32. The van der Waals surface area contributed by atoms with E-state index in [4.69, 9.17) is 16.3 Å². The number of ether oxygens (including phenoxy) is 1. The molecule has 12 nitrogen and oxygen atoms in total. The summed E-state index contributed by atoms with van der Waals surface area (Å²) < 4.78 is 43.2. The lowest BCUT2D eigenvalue weighted by atomic mass is 9.93. The molecule has 0 radical (unpaired) electrons. The molecule has 0 aliphatic carbocycles. The molecule has 0 saturated carbocycles. The number of carbonyl (C=O) groups excluding carboxylic acids is 3. The van der Waals surface area contributed by atoms with Crippen molar-refractivity contribution < 1.29 is 32.3 Å². The smallest absolute Gasteiger partial charge is 0.422 e. The Kier molecular flexibility index (Phi) is 12.5. The lowest BCUT2D eigenvalue weighted by Crippen LogP contribution is -2.46. The van der Waals surface area contributed by atoms with E-state index in [1.165, 1.54) is 24.4 Å². The highest BCUT2D eigenvalue weighted by Crippen LogP contribution is 2.23. The standard InChI is InChI=1S/C34H36ClF3N8O4/c1-21-4-6-22(7-5-21)16-41-30(48)31(49)43-19-33(2,3)18-42-29(47)24-10-13-26(40-17-24)44-28-14-27(39-15-23-8-11-25(35)12-9-23)45-32(46-28)50-20-34(36,37)38/h4-14,17H,15-16,18-20H2,1-3H3,(H,41,48)(H,42,47)(H,43,49)(H2,39,40,44,45,46). The van der Waals surface area contributed by atoms with E-state index in [1.807, 2.05) is 45.0 Å². The topological polar surface area (TPSA) is 159 Å². The average molecular weight is 713 g/mol. The number of aryl methyl sites for hydroxylation is 1. The fourth-order valence-electron chi connectivity index (χ4n) is 4.17. The number of anilines is 3. The molecule has 0 saturated heterocycles. The molecule has 264 valence electrons. The maximum absolute atomic E-state index is 12.8. The van der Waals surface area contributed by atoms with Gasteiger partial charge in [-0.15, -0.1) is 0 Å². The van der Waals surface area contributed by atoms with Crippen LogP contribution in [0.1, 0.15) is 40.9 Å². The second-order valence-corrected chi connectivity index (χ2v) is 12.5. The number of hydrogen-bond acceptors (Lipinski definition) is 9. The van der Waals surface area contributed by atoms with Crippen LogP contribution in [0.3, 0.4) is 0 Å². The number of benzene rings is 2. The molecule has 0 spiro atoms. The fourth-order valence-corrected chi connectivity index (χ4v) is 4.30. The lowest BCUT2D eigenvalue weighted by molar-refractivity contribution is -0.154. The number of carbonyl (C=O) groups is 3. The Balaban J connectivity index is 1.29. The summed E-state index contributed by atoms with van der Waals surface area (Å²) in [6, 6.07) is 18.5. The Labute approximate surface area is 291 Å². The van der Waals surface area contributed by atoms with Crippen LogP contribution in [-0.4, -0.2) is 58.5 Å². The number of amides is 3. The second kappa shape index (κ2) is 16.8. The highest BCUT2D eigenvalue weighted by Gasteiger charge is 2.29. The summed E-state index contributed by atoms with van der Waals surface area (Å²) in [7, 11) is 0. The molecule has 16 heteroatoms. The third-order valence-electron chi connectivity index (χ3n) is 6.97. The van der Waals surface area contributed by atoms with E-state index in [0.29, 0.717) is 11.6 Å². The van der Waals surface area contributed by atoms with Crippen LogP contribution in [0.5, 0.6) is 6.01 Å². The van der Waals surface area contributed by atoms with Crippen LogP contribution < -0.4 is 31.3 Å². The minimum Gasteiger partial charge on any atom is -0.454 e. The Bertz CT molecular complexity index is 1770. The van der Waals surface area contributed by atoms with Crippen molar-refractivity contribution in [2.24, 2.45) is 5.41 Å². The molecule has 2 aromatic heterocycles. The number of alkyl halides is 3. The van der Waals surface area contributed by atoms with E-state index < -0.39 is 41.9 Å². The van der Waals surface area contributed by atoms with Crippen LogP contribution >= 0.6 is 11.6 Å². The zero-order valence-electron chi connectivity index (χ0n) is 27.5. The Hall–Kier alpha value is -5.44. The van der Waals surface area contributed by atoms with Gasteiger partial charge < -0.3 is 31.3 Å². The van der Waals surface area contributed by atoms with Crippen molar-refractivity contribution in [2.45, 2.75) is 40.0 Å². The van der Waals surface area contributed by atoms with Crippen molar-refractivity contribution in [1.82, 2.24) is 30.9 Å². The quantitative estimate of drug-likeness (QED) is 0.109. The SMILES string of the molecule is Cc1ccc(CNC(=O)C(=O)NCC(C)(C)CNC(=O)c2ccc(Nc3cc(NCc4ccc(Cl)cc4)nc(OCC(F)(F)F)n3)nc2)cc1. The van der Waals surface area contributed by atoms with Crippen LogP contribution in [0.15, 0.2) is 72.9 Å². The molecule has 2 heterocycles. The van der Waals surface area contributed by atoms with Gasteiger partial charge in [0.1, 0.15) is 17.5 Å². The molecule has 0 fully saturated rings. The van der Waals surface area contributed by atoms with Crippen LogP contribution in [-0.2, 0) is 22.7 Å². The Morgan fingerprint density at radius 1 is 0.780 bits per heavy atom. The molecule has 0 aliphatic heterocycles. The van der Waals surface area contributed by atoms with Gasteiger partial charge in [-0.25, -0.2) is 4.98 Å². The molecular weight excluding hydrogens is 677 g/mol. The predicted molar refractivity (Wildman–Crippen MR) is 182 cm³/mol. The summed E-state index contributed by atoms with van der Waals surface area (Å²) in [4.78, 5) is 49.6. The van der Waals surface area contributed by atoms with Crippen molar-refractivity contribution in [3.63, 3.8) is 0 Å². The number of rotatable bonds is 14. The summed E-state index contributed by atoms with van der Waals surface area (Å²) in [6.45, 7) is 4.80. The first-order valence-corrected chi connectivity index (χ1v) is 15.7. The van der Waals surface area contributed by atoms with Gasteiger partial charge in [0.15, 0.2) is 6.61 Å². The largest absolute Gasteiger partial charge is 0.454 e. The van der Waals surface area contributed by atoms with Crippen LogP contribution in [0.2, 0.25) is 5.02 Å². The van der Waals surface area contributed by atoms with Gasteiger partial charge in [-0.05, 0) is 47.7 Å². The van der Waals surface area contributed by atoms with Gasteiger partial charge in [0.05, 0.1) is 5.56 Å². The molecule has 0 unspecified atom stereocenters. The molecule has 4 aromatic rings. The van der Waals surface area contributed by atoms with Crippen molar-refractivity contribution >= 4 is 46.8 Å². The lowest BCUT2D eigenvalue weighted by Gasteiger charge is -2.25. The minimum absolute atomic E-state index is 0.0908. The van der Waals surface area contributed by atoms with Gasteiger partial charge in [-0.1, -0.05) is 67.4 Å². The van der Waals surface area contributed by atoms with Crippen molar-refractivity contribution in [3.05, 3.63) is 100 Å². The van der Waals surface area contributed by atoms with Crippen LogP contribution in [0.4, 0.5) is 30.6 Å². The van der Waals surface area contributed by atoms with E-state index in [1.54, 1.807) is 24.3 Å². The van der Waals surface area contributed by atoms with Gasteiger partial charge >= 0.3 is 24.0 Å². The number of halogens is 4. The van der Waals surface area contributed by atoms with Crippen molar-refractivity contribution in [2.75, 3.05) is 30.3 Å². The minimum atomic E-state index is -4.59. The zero-order valence-corrected chi connectivity index (χ0v) is 28.2. The monoisotopic (exact) mass is 712 g/mol. The summed E-state index contributed by atoms with van der Waals surface area (Å²) >= 11 is 5.92. The number of nitrogens with zero attached hydrogens (tertiary/aromatic N) is 3. The first kappa shape index (κ1) is 37.4. The highest BCUT2D eigenvalue weighted by molar-refractivity contribution is 6.35. The molecule has 2 aromatic carbocycles. The maximum Gasteiger partial charge on any atom is 0.422 e. The summed E-state index contributed by atoms with van der Waals surface area (Å²) in [5.41, 5.74) is 2.43. The van der Waals surface area contributed by atoms with Gasteiger partial charge in [0, 0.05) is 43.5 Å². The molecule has 4 rings (SSSR count). The molecule has 0 aliphatic rings. The molecule has 0 atom stereocenters. The van der Waals surface area contributed by atoms with Crippen LogP contribution in [0.25, 0.3) is 0 Å². The first-order chi connectivity index (χ1) is 23.6. The number of nitrogens with one attached hydrogen (secondary N) is 5. The molecular formula is C34H36ClF3N8O4. The third-order valence-corrected chi connectivity index (χ3v) is 7.23. The maximum atomic E-state index is 12.8. The molecule has 50 heavy (non-hydrogen) atoms. The van der Waals surface area contributed by atoms with Gasteiger partial charge in [-0.3, -0.25) is 14.4 Å². The van der Waals surface area contributed by atoms with Gasteiger partial charge in [0.25, 0.3) is 5.91 Å². The fraction of sp³-hybridized carbons (Fsp3) is 0.294. The van der Waals surface area contributed by atoms with Gasteiger partial charge in [0.2, 0.25) is 0 Å².